The summed E-state index contributed by atoms with van der Waals surface area (Å²) in [5, 5.41) is 3.82. The summed E-state index contributed by atoms with van der Waals surface area (Å²) in [5.74, 6) is 1.71. The van der Waals surface area contributed by atoms with Crippen LogP contribution in [0.4, 0.5) is 0 Å². The molecule has 0 aliphatic carbocycles. The van der Waals surface area contributed by atoms with Crippen molar-refractivity contribution in [2.75, 3.05) is 5.75 Å². The first-order valence-corrected chi connectivity index (χ1v) is 4.57. The van der Waals surface area contributed by atoms with Crippen LogP contribution in [0, 0.1) is 0 Å². The third kappa shape index (κ3) is 1.86. The quantitative estimate of drug-likeness (QED) is 0.659. The number of hydrogen-bond acceptors (Lipinski definition) is 3. The summed E-state index contributed by atoms with van der Waals surface area (Å²) < 4.78 is 2.92. The van der Waals surface area contributed by atoms with Crippen molar-refractivity contribution in [3.8, 4) is 0 Å². The average molecular weight is 173 g/mol. The van der Waals surface area contributed by atoms with Gasteiger partial charge in [-0.3, -0.25) is 4.57 Å². The molecule has 0 unspecified atom stereocenters. The zero-order valence-corrected chi connectivity index (χ0v) is 7.47. The average Bonchev–Trinajstić information content (AvgIpc) is 2.31. The molecule has 0 atom stereocenters. The van der Waals surface area contributed by atoms with E-state index in [-0.39, 0.29) is 5.69 Å². The van der Waals surface area contributed by atoms with Crippen LogP contribution in [0.3, 0.4) is 0 Å². The maximum absolute atomic E-state index is 11.1. The molecular weight excluding hydrogens is 162 g/mol. The van der Waals surface area contributed by atoms with Crippen LogP contribution in [0.25, 0.3) is 0 Å². The van der Waals surface area contributed by atoms with E-state index in [2.05, 4.69) is 12.0 Å². The van der Waals surface area contributed by atoms with Crippen LogP contribution in [0.15, 0.2) is 11.1 Å². The van der Waals surface area contributed by atoms with Crippen LogP contribution < -0.4 is 5.69 Å². The number of thioether (sulfide) groups is 1. The van der Waals surface area contributed by atoms with Gasteiger partial charge in [-0.15, -0.1) is 11.8 Å². The molecule has 0 fully saturated rings. The van der Waals surface area contributed by atoms with Crippen molar-refractivity contribution in [3.05, 3.63) is 16.8 Å². The van der Waals surface area contributed by atoms with E-state index in [9.17, 15) is 4.79 Å². The second-order valence-corrected chi connectivity index (χ2v) is 3.37. The lowest BCUT2D eigenvalue weighted by Crippen LogP contribution is -2.21. The van der Waals surface area contributed by atoms with Gasteiger partial charge in [0, 0.05) is 7.05 Å². The molecule has 0 amide bonds. The van der Waals surface area contributed by atoms with Gasteiger partial charge in [0.25, 0.3) is 0 Å². The van der Waals surface area contributed by atoms with Crippen molar-refractivity contribution >= 4 is 11.8 Å². The fourth-order valence-corrected chi connectivity index (χ4v) is 1.26. The van der Waals surface area contributed by atoms with Gasteiger partial charge in [-0.25, -0.2) is 9.48 Å². The summed E-state index contributed by atoms with van der Waals surface area (Å²) in [7, 11) is 1.65. The molecule has 1 rings (SSSR count). The lowest BCUT2D eigenvalue weighted by atomic mass is 11.0. The van der Waals surface area contributed by atoms with Crippen molar-refractivity contribution in [1.82, 2.24) is 14.3 Å². The van der Waals surface area contributed by atoms with Gasteiger partial charge in [0.15, 0.2) is 0 Å². The third-order valence-corrected chi connectivity index (χ3v) is 2.19. The maximum Gasteiger partial charge on any atom is 0.346 e. The van der Waals surface area contributed by atoms with Crippen molar-refractivity contribution in [2.24, 2.45) is 7.05 Å². The monoisotopic (exact) mass is 173 g/mol. The number of rotatable bonds is 3. The van der Waals surface area contributed by atoms with E-state index in [1.807, 2.05) is 0 Å². The van der Waals surface area contributed by atoms with Crippen molar-refractivity contribution < 1.29 is 0 Å². The molecule has 1 aromatic rings. The maximum atomic E-state index is 11.1. The molecule has 62 valence electrons. The predicted octanol–water partition coefficient (Wildman–Crippen LogP) is 0.292. The van der Waals surface area contributed by atoms with Crippen molar-refractivity contribution in [3.63, 3.8) is 0 Å². The summed E-state index contributed by atoms with van der Waals surface area (Å²) in [6.07, 6.45) is 1.56. The molecule has 0 spiro atoms. The number of aromatic nitrogens is 3. The molecule has 11 heavy (non-hydrogen) atoms. The Kier molecular flexibility index (Phi) is 2.76. The van der Waals surface area contributed by atoms with Crippen molar-refractivity contribution in [2.45, 2.75) is 12.8 Å². The van der Waals surface area contributed by atoms with E-state index >= 15 is 0 Å². The van der Waals surface area contributed by atoms with E-state index < -0.39 is 0 Å². The summed E-state index contributed by atoms with van der Waals surface area (Å²) in [4.78, 5) is 11.1. The molecule has 1 aromatic heterocycles. The van der Waals surface area contributed by atoms with E-state index in [1.54, 1.807) is 29.7 Å². The molecule has 0 aliphatic rings. The molecule has 0 aromatic carbocycles. The lowest BCUT2D eigenvalue weighted by Gasteiger charge is -1.95. The molecule has 5 heteroatoms. The smallest absolute Gasteiger partial charge is 0.272 e. The van der Waals surface area contributed by atoms with Crippen LogP contribution >= 0.6 is 11.8 Å². The third-order valence-electron chi connectivity index (χ3n) is 1.32. The zero-order valence-electron chi connectivity index (χ0n) is 6.65. The fraction of sp³-hybridized carbons (Fsp3) is 0.667. The standard InChI is InChI=1S/C6H11N3OS/c1-3-11-5-9-4-7-8(2)6(9)10/h4H,3,5H2,1-2H3. The second kappa shape index (κ2) is 3.61. The van der Waals surface area contributed by atoms with E-state index in [1.165, 1.54) is 4.68 Å². The van der Waals surface area contributed by atoms with Gasteiger partial charge in [0.2, 0.25) is 0 Å². The van der Waals surface area contributed by atoms with Crippen LogP contribution in [0.1, 0.15) is 6.92 Å². The van der Waals surface area contributed by atoms with Crippen LogP contribution in [0.2, 0.25) is 0 Å². The summed E-state index contributed by atoms with van der Waals surface area (Å²) in [5.41, 5.74) is -0.0500. The topological polar surface area (TPSA) is 39.8 Å². The molecular formula is C6H11N3OS. The van der Waals surface area contributed by atoms with Crippen LogP contribution in [-0.2, 0) is 12.9 Å². The van der Waals surface area contributed by atoms with Gasteiger partial charge < -0.3 is 0 Å². The minimum atomic E-state index is -0.0500. The van der Waals surface area contributed by atoms with Gasteiger partial charge in [0.1, 0.15) is 6.33 Å². The minimum absolute atomic E-state index is 0.0500. The highest BCUT2D eigenvalue weighted by Crippen LogP contribution is 1.99. The van der Waals surface area contributed by atoms with Crippen LogP contribution in [0.5, 0.6) is 0 Å². The molecule has 0 radical (unpaired) electrons. The van der Waals surface area contributed by atoms with Gasteiger partial charge in [0.05, 0.1) is 5.88 Å². The second-order valence-electron chi connectivity index (χ2n) is 2.13. The van der Waals surface area contributed by atoms with Crippen molar-refractivity contribution in [1.29, 1.82) is 0 Å². The van der Waals surface area contributed by atoms with E-state index in [0.717, 1.165) is 5.75 Å². The highest BCUT2D eigenvalue weighted by Gasteiger charge is 1.98. The Morgan fingerprint density at radius 3 is 2.91 bits per heavy atom. The van der Waals surface area contributed by atoms with E-state index in [4.69, 9.17) is 0 Å². The Morgan fingerprint density at radius 2 is 2.45 bits per heavy atom. The normalized spacial score (nSPS) is 10.4. The fourth-order valence-electron chi connectivity index (χ4n) is 0.703. The highest BCUT2D eigenvalue weighted by atomic mass is 32.2. The summed E-state index contributed by atoms with van der Waals surface area (Å²) in [6, 6.07) is 0. The SMILES string of the molecule is CCSCn1cnn(C)c1=O. The first-order valence-electron chi connectivity index (χ1n) is 3.42. The van der Waals surface area contributed by atoms with Gasteiger partial charge in [-0.2, -0.15) is 5.10 Å². The molecule has 1 heterocycles. The van der Waals surface area contributed by atoms with Gasteiger partial charge in [-0.05, 0) is 5.75 Å². The largest absolute Gasteiger partial charge is 0.346 e. The number of hydrogen-bond donors (Lipinski definition) is 0. The molecule has 0 saturated heterocycles. The Labute approximate surface area is 69.2 Å². The molecule has 0 aliphatic heterocycles. The zero-order chi connectivity index (χ0) is 8.27. The van der Waals surface area contributed by atoms with Gasteiger partial charge >= 0.3 is 5.69 Å². The molecule has 4 nitrogen and oxygen atoms in total. The predicted molar refractivity (Wildman–Crippen MR) is 45.6 cm³/mol. The lowest BCUT2D eigenvalue weighted by molar-refractivity contribution is 0.711. The minimum Gasteiger partial charge on any atom is -0.272 e. The first kappa shape index (κ1) is 8.39. The molecule has 0 saturated carbocycles. The Bertz CT molecular complexity index is 278. The Balaban J connectivity index is 2.71. The van der Waals surface area contributed by atoms with Gasteiger partial charge in [-0.1, -0.05) is 6.92 Å². The Hall–Kier alpha value is -0.710. The summed E-state index contributed by atoms with van der Waals surface area (Å²) >= 11 is 1.70. The summed E-state index contributed by atoms with van der Waals surface area (Å²) in [6.45, 7) is 2.06. The van der Waals surface area contributed by atoms with Crippen LogP contribution in [-0.4, -0.2) is 20.1 Å². The molecule has 0 bridgehead atoms. The number of aryl methyl sites for hydroxylation is 1. The first-order chi connectivity index (χ1) is 5.25. The Morgan fingerprint density at radius 1 is 1.73 bits per heavy atom. The number of nitrogens with zero attached hydrogens (tertiary/aromatic N) is 3. The van der Waals surface area contributed by atoms with E-state index in [0.29, 0.717) is 5.88 Å². The molecule has 0 N–H and O–H groups in total. The highest BCUT2D eigenvalue weighted by molar-refractivity contribution is 7.98.